The number of methoxy groups -OCH3 is 1. The quantitative estimate of drug-likeness (QED) is 0.811. The molecule has 1 atom stereocenters. The van der Waals surface area contributed by atoms with Crippen LogP contribution in [0.5, 0.6) is 5.75 Å². The lowest BCUT2D eigenvalue weighted by molar-refractivity contribution is 0.0986. The Kier molecular flexibility index (Phi) is 4.62. The highest BCUT2D eigenvalue weighted by Crippen LogP contribution is 2.38. The summed E-state index contributed by atoms with van der Waals surface area (Å²) in [4.78, 5) is 16.1. The number of hydrogen-bond donors (Lipinski definition) is 0. The van der Waals surface area contributed by atoms with Gasteiger partial charge >= 0.3 is 0 Å². The van der Waals surface area contributed by atoms with Gasteiger partial charge in [0.25, 0.3) is 5.91 Å². The van der Waals surface area contributed by atoms with Gasteiger partial charge in [-0.2, -0.15) is 0 Å². The van der Waals surface area contributed by atoms with Crippen molar-refractivity contribution in [3.8, 4) is 5.75 Å². The number of rotatable bonds is 2. The summed E-state index contributed by atoms with van der Waals surface area (Å²) in [5.74, 6) is 0.784. The van der Waals surface area contributed by atoms with E-state index in [-0.39, 0.29) is 5.91 Å². The molecule has 0 aliphatic carbocycles. The molecule has 4 heteroatoms. The molecule has 23 heavy (non-hydrogen) atoms. The van der Waals surface area contributed by atoms with Crippen LogP contribution >= 0.6 is 11.8 Å². The summed E-state index contributed by atoms with van der Waals surface area (Å²) in [7, 11) is 1.64. The third-order valence-electron chi connectivity index (χ3n) is 4.14. The zero-order chi connectivity index (χ0) is 16.4. The van der Waals surface area contributed by atoms with Crippen LogP contribution in [0.2, 0.25) is 0 Å². The Labute approximate surface area is 141 Å². The maximum Gasteiger partial charge on any atom is 0.258 e. The second kappa shape index (κ2) is 6.67. The van der Waals surface area contributed by atoms with Gasteiger partial charge in [-0.25, -0.2) is 0 Å². The summed E-state index contributed by atoms with van der Waals surface area (Å²) in [5, 5.41) is 0.501. The van der Waals surface area contributed by atoms with E-state index in [0.717, 1.165) is 30.0 Å². The fraction of sp³-hybridized carbons (Fsp3) is 0.316. The van der Waals surface area contributed by atoms with Crippen LogP contribution in [-0.4, -0.2) is 24.8 Å². The Hall–Kier alpha value is -1.94. The molecule has 1 aliphatic rings. The number of ether oxygens (including phenoxy) is 1. The predicted octanol–water partition coefficient (Wildman–Crippen LogP) is 4.53. The second-order valence-corrected chi connectivity index (χ2v) is 7.31. The Morgan fingerprint density at radius 2 is 2.04 bits per heavy atom. The van der Waals surface area contributed by atoms with Crippen LogP contribution in [0, 0.1) is 6.92 Å². The van der Waals surface area contributed by atoms with Gasteiger partial charge in [0.1, 0.15) is 5.75 Å². The Balaban J connectivity index is 1.99. The van der Waals surface area contributed by atoms with Gasteiger partial charge in [0, 0.05) is 22.3 Å². The monoisotopic (exact) mass is 327 g/mol. The number of carbonyl (C=O) groups is 1. The van der Waals surface area contributed by atoms with Crippen molar-refractivity contribution in [2.75, 3.05) is 18.6 Å². The van der Waals surface area contributed by atoms with E-state index < -0.39 is 0 Å². The normalized spacial score (nSPS) is 17.3. The van der Waals surface area contributed by atoms with E-state index in [0.29, 0.717) is 10.8 Å². The molecule has 2 aromatic rings. The smallest absolute Gasteiger partial charge is 0.258 e. The van der Waals surface area contributed by atoms with Gasteiger partial charge in [0.05, 0.1) is 12.8 Å². The number of hydrogen-bond acceptors (Lipinski definition) is 3. The number of para-hydroxylation sites is 1. The summed E-state index contributed by atoms with van der Waals surface area (Å²) in [6.45, 7) is 4.93. The number of aryl methyl sites for hydroxylation is 1. The summed E-state index contributed by atoms with van der Waals surface area (Å²) >= 11 is 1.84. The minimum Gasteiger partial charge on any atom is -0.496 e. The van der Waals surface area contributed by atoms with Gasteiger partial charge in [-0.1, -0.05) is 25.1 Å². The molecule has 3 nitrogen and oxygen atoms in total. The van der Waals surface area contributed by atoms with Gasteiger partial charge in [-0.3, -0.25) is 4.79 Å². The van der Waals surface area contributed by atoms with E-state index in [4.69, 9.17) is 4.74 Å². The van der Waals surface area contributed by atoms with Gasteiger partial charge in [-0.15, -0.1) is 11.8 Å². The van der Waals surface area contributed by atoms with E-state index in [1.54, 1.807) is 7.11 Å². The van der Waals surface area contributed by atoms with Crippen LogP contribution in [0.25, 0.3) is 0 Å². The first-order valence-electron chi connectivity index (χ1n) is 7.82. The van der Waals surface area contributed by atoms with E-state index in [2.05, 4.69) is 13.0 Å². The number of carbonyl (C=O) groups excluding carboxylic acids is 1. The summed E-state index contributed by atoms with van der Waals surface area (Å²) in [6.07, 6.45) is 0.980. The molecule has 1 unspecified atom stereocenters. The molecule has 0 aromatic heterocycles. The molecule has 0 saturated heterocycles. The lowest BCUT2D eigenvalue weighted by Gasteiger charge is -2.23. The summed E-state index contributed by atoms with van der Waals surface area (Å²) in [6, 6.07) is 13.8. The molecule has 3 rings (SSSR count). The van der Waals surface area contributed by atoms with Crippen molar-refractivity contribution in [3.63, 3.8) is 0 Å². The van der Waals surface area contributed by atoms with Crippen molar-refractivity contribution >= 4 is 23.4 Å². The largest absolute Gasteiger partial charge is 0.496 e. The molecule has 1 heterocycles. The first kappa shape index (κ1) is 15.9. The first-order chi connectivity index (χ1) is 11.1. The maximum atomic E-state index is 13.1. The van der Waals surface area contributed by atoms with Gasteiger partial charge < -0.3 is 9.64 Å². The Morgan fingerprint density at radius 3 is 2.83 bits per heavy atom. The predicted molar refractivity (Wildman–Crippen MR) is 95.8 cm³/mol. The highest BCUT2D eigenvalue weighted by Gasteiger charge is 2.25. The molecule has 0 N–H and O–H groups in total. The van der Waals surface area contributed by atoms with Crippen LogP contribution in [0.1, 0.15) is 29.3 Å². The molecule has 1 aliphatic heterocycles. The molecule has 0 bridgehead atoms. The second-order valence-electron chi connectivity index (χ2n) is 5.83. The number of anilines is 1. The minimum absolute atomic E-state index is 0.0328. The van der Waals surface area contributed by atoms with Crippen molar-refractivity contribution in [3.05, 3.63) is 53.6 Å². The van der Waals surface area contributed by atoms with Gasteiger partial charge in [-0.05, 0) is 43.2 Å². The van der Waals surface area contributed by atoms with Crippen LogP contribution in [-0.2, 0) is 0 Å². The standard InChI is InChI=1S/C19H21NO2S/c1-13-8-9-15(12-17(13)22-3)19(21)20-11-10-14(2)23-18-7-5-4-6-16(18)20/h4-9,12,14H,10-11H2,1-3H3. The zero-order valence-corrected chi connectivity index (χ0v) is 14.5. The van der Waals surface area contributed by atoms with Crippen LogP contribution < -0.4 is 9.64 Å². The molecule has 0 radical (unpaired) electrons. The highest BCUT2D eigenvalue weighted by molar-refractivity contribution is 8.00. The van der Waals surface area contributed by atoms with Crippen LogP contribution in [0.4, 0.5) is 5.69 Å². The fourth-order valence-corrected chi connectivity index (χ4v) is 3.92. The minimum atomic E-state index is 0.0328. The Morgan fingerprint density at radius 1 is 1.26 bits per heavy atom. The molecule has 120 valence electrons. The number of fused-ring (bicyclic) bond motifs is 1. The van der Waals surface area contributed by atoms with Crippen LogP contribution in [0.3, 0.4) is 0 Å². The molecular formula is C19H21NO2S. The first-order valence-corrected chi connectivity index (χ1v) is 8.70. The third kappa shape index (κ3) is 3.22. The molecule has 1 amide bonds. The third-order valence-corrected chi connectivity index (χ3v) is 5.38. The summed E-state index contributed by atoms with van der Waals surface area (Å²) in [5.41, 5.74) is 2.71. The SMILES string of the molecule is COc1cc(C(=O)N2CCC(C)Sc3ccccc32)ccc1C. The van der Waals surface area contributed by atoms with E-state index >= 15 is 0 Å². The van der Waals surface area contributed by atoms with Crippen molar-refractivity contribution in [1.29, 1.82) is 0 Å². The van der Waals surface area contributed by atoms with Gasteiger partial charge in [0.2, 0.25) is 0 Å². The zero-order valence-electron chi connectivity index (χ0n) is 13.7. The van der Waals surface area contributed by atoms with Crippen molar-refractivity contribution in [2.45, 2.75) is 30.4 Å². The van der Waals surface area contributed by atoms with E-state index in [9.17, 15) is 4.79 Å². The Bertz CT molecular complexity index is 729. The highest BCUT2D eigenvalue weighted by atomic mass is 32.2. The van der Waals surface area contributed by atoms with E-state index in [1.807, 2.05) is 60.0 Å². The number of nitrogens with zero attached hydrogens (tertiary/aromatic N) is 1. The molecular weight excluding hydrogens is 306 g/mol. The average Bonchev–Trinajstić information content (AvgIpc) is 2.73. The lowest BCUT2D eigenvalue weighted by Crippen LogP contribution is -2.32. The molecule has 2 aromatic carbocycles. The van der Waals surface area contributed by atoms with E-state index in [1.165, 1.54) is 4.90 Å². The molecule has 0 fully saturated rings. The van der Waals surface area contributed by atoms with Crippen molar-refractivity contribution < 1.29 is 9.53 Å². The molecule has 0 spiro atoms. The number of benzene rings is 2. The van der Waals surface area contributed by atoms with Crippen molar-refractivity contribution in [1.82, 2.24) is 0 Å². The maximum absolute atomic E-state index is 13.1. The number of amides is 1. The van der Waals surface area contributed by atoms with Gasteiger partial charge in [0.15, 0.2) is 0 Å². The summed E-state index contributed by atoms with van der Waals surface area (Å²) < 4.78 is 5.36. The lowest BCUT2D eigenvalue weighted by atomic mass is 10.1. The van der Waals surface area contributed by atoms with Crippen LogP contribution in [0.15, 0.2) is 47.4 Å². The fourth-order valence-electron chi connectivity index (χ4n) is 2.81. The number of thioether (sulfide) groups is 1. The topological polar surface area (TPSA) is 29.5 Å². The van der Waals surface area contributed by atoms with Crippen molar-refractivity contribution in [2.24, 2.45) is 0 Å². The average molecular weight is 327 g/mol. The molecule has 0 saturated carbocycles.